The first kappa shape index (κ1) is 12.7. The van der Waals surface area contributed by atoms with Gasteiger partial charge in [0.15, 0.2) is 0 Å². The van der Waals surface area contributed by atoms with Crippen LogP contribution in [0.4, 0.5) is 0 Å². The summed E-state index contributed by atoms with van der Waals surface area (Å²) in [6, 6.07) is 15.8. The van der Waals surface area contributed by atoms with Crippen molar-refractivity contribution in [3.05, 3.63) is 66.0 Å². The van der Waals surface area contributed by atoms with Crippen molar-refractivity contribution in [1.29, 1.82) is 0 Å². The second kappa shape index (κ2) is 5.76. The van der Waals surface area contributed by atoms with Crippen molar-refractivity contribution in [2.45, 2.75) is 19.0 Å². The summed E-state index contributed by atoms with van der Waals surface area (Å²) in [7, 11) is 0. The maximum atomic E-state index is 9.63. The van der Waals surface area contributed by atoms with Gasteiger partial charge in [0.25, 0.3) is 0 Å². The minimum absolute atomic E-state index is 0.0455. The van der Waals surface area contributed by atoms with E-state index in [0.717, 1.165) is 11.3 Å². The summed E-state index contributed by atoms with van der Waals surface area (Å²) in [5.74, 6) is 0. The van der Waals surface area contributed by atoms with Gasteiger partial charge in [0, 0.05) is 12.7 Å². The first-order valence-corrected chi connectivity index (χ1v) is 6.06. The van der Waals surface area contributed by atoms with Crippen LogP contribution in [0.25, 0.3) is 0 Å². The zero-order valence-corrected chi connectivity index (χ0v) is 10.5. The highest BCUT2D eigenvalue weighted by Gasteiger charge is 2.24. The van der Waals surface area contributed by atoms with Crippen LogP contribution in [0, 0.1) is 0 Å². The Labute approximate surface area is 108 Å². The number of aromatic nitrogens is 1. The molecule has 2 aromatic rings. The van der Waals surface area contributed by atoms with Gasteiger partial charge in [-0.1, -0.05) is 36.4 Å². The summed E-state index contributed by atoms with van der Waals surface area (Å²) in [5.41, 5.74) is 1.59. The molecule has 0 saturated heterocycles. The van der Waals surface area contributed by atoms with E-state index >= 15 is 0 Å². The van der Waals surface area contributed by atoms with E-state index in [0.29, 0.717) is 6.54 Å². The molecule has 0 aliphatic carbocycles. The molecule has 1 unspecified atom stereocenters. The summed E-state index contributed by atoms with van der Waals surface area (Å²) in [6.45, 7) is 2.67. The lowest BCUT2D eigenvalue weighted by atomic mass is 9.93. The molecule has 0 saturated carbocycles. The van der Waals surface area contributed by atoms with Crippen molar-refractivity contribution in [1.82, 2.24) is 10.3 Å². The van der Waals surface area contributed by atoms with E-state index in [1.54, 1.807) is 6.20 Å². The van der Waals surface area contributed by atoms with Crippen LogP contribution in [0.5, 0.6) is 0 Å². The molecule has 0 amide bonds. The first-order chi connectivity index (χ1) is 8.74. The molecule has 1 aromatic carbocycles. The summed E-state index contributed by atoms with van der Waals surface area (Å²) >= 11 is 0. The van der Waals surface area contributed by atoms with E-state index in [-0.39, 0.29) is 6.61 Å². The van der Waals surface area contributed by atoms with Gasteiger partial charge in [-0.2, -0.15) is 0 Å². The Kier molecular flexibility index (Phi) is 4.07. The van der Waals surface area contributed by atoms with Crippen molar-refractivity contribution in [3.63, 3.8) is 0 Å². The van der Waals surface area contributed by atoms with Crippen molar-refractivity contribution < 1.29 is 5.11 Å². The average Bonchev–Trinajstić information content (AvgIpc) is 2.47. The number of hydrogen-bond acceptors (Lipinski definition) is 3. The normalized spacial score (nSPS) is 14.1. The van der Waals surface area contributed by atoms with Crippen LogP contribution in [0.1, 0.15) is 18.2 Å². The highest BCUT2D eigenvalue weighted by Crippen LogP contribution is 2.20. The molecule has 0 spiro atoms. The van der Waals surface area contributed by atoms with Gasteiger partial charge in [-0.3, -0.25) is 4.98 Å². The van der Waals surface area contributed by atoms with Gasteiger partial charge >= 0.3 is 0 Å². The van der Waals surface area contributed by atoms with Gasteiger partial charge < -0.3 is 10.4 Å². The van der Waals surface area contributed by atoms with Crippen molar-refractivity contribution in [2.75, 3.05) is 6.61 Å². The fourth-order valence-corrected chi connectivity index (χ4v) is 1.84. The van der Waals surface area contributed by atoms with E-state index in [2.05, 4.69) is 10.3 Å². The van der Waals surface area contributed by atoms with Crippen LogP contribution in [-0.4, -0.2) is 16.7 Å². The number of aliphatic hydroxyl groups excluding tert-OH is 1. The molecule has 2 rings (SSSR count). The fraction of sp³-hybridized carbons (Fsp3) is 0.267. The van der Waals surface area contributed by atoms with Gasteiger partial charge in [-0.25, -0.2) is 0 Å². The molecule has 18 heavy (non-hydrogen) atoms. The Morgan fingerprint density at radius 3 is 2.44 bits per heavy atom. The van der Waals surface area contributed by atoms with Crippen LogP contribution in [0.15, 0.2) is 54.7 Å². The van der Waals surface area contributed by atoms with Gasteiger partial charge in [-0.15, -0.1) is 0 Å². The smallest absolute Gasteiger partial charge is 0.0652 e. The van der Waals surface area contributed by atoms with Gasteiger partial charge in [0.05, 0.1) is 17.8 Å². The number of benzene rings is 1. The minimum Gasteiger partial charge on any atom is -0.394 e. The lowest BCUT2D eigenvalue weighted by Gasteiger charge is -2.29. The van der Waals surface area contributed by atoms with Crippen LogP contribution < -0.4 is 5.32 Å². The molecule has 0 aliphatic rings. The molecule has 0 bridgehead atoms. The summed E-state index contributed by atoms with van der Waals surface area (Å²) in [5, 5.41) is 13.0. The van der Waals surface area contributed by atoms with Crippen LogP contribution in [0.2, 0.25) is 0 Å². The third-order valence-corrected chi connectivity index (χ3v) is 3.11. The number of nitrogens with zero attached hydrogens (tertiary/aromatic N) is 1. The predicted octanol–water partition coefficient (Wildman–Crippen LogP) is 2.08. The standard InChI is InChI=1S/C15H18N2O/c1-15(12-18,13-7-3-2-4-8-13)17-11-14-9-5-6-10-16-14/h2-10,17-18H,11-12H2,1H3. The Bertz CT molecular complexity index is 472. The molecular weight excluding hydrogens is 224 g/mol. The molecule has 0 radical (unpaired) electrons. The second-order valence-electron chi connectivity index (χ2n) is 4.53. The topological polar surface area (TPSA) is 45.1 Å². The van der Waals surface area contributed by atoms with E-state index < -0.39 is 5.54 Å². The summed E-state index contributed by atoms with van der Waals surface area (Å²) < 4.78 is 0. The zero-order chi connectivity index (χ0) is 12.8. The Morgan fingerprint density at radius 1 is 1.11 bits per heavy atom. The van der Waals surface area contributed by atoms with Crippen LogP contribution >= 0.6 is 0 Å². The van der Waals surface area contributed by atoms with Crippen LogP contribution in [-0.2, 0) is 12.1 Å². The third-order valence-electron chi connectivity index (χ3n) is 3.11. The van der Waals surface area contributed by atoms with E-state index in [1.807, 2.05) is 55.5 Å². The SMILES string of the molecule is CC(CO)(NCc1ccccn1)c1ccccc1. The maximum absolute atomic E-state index is 9.63. The summed E-state index contributed by atoms with van der Waals surface area (Å²) in [6.07, 6.45) is 1.77. The van der Waals surface area contributed by atoms with Crippen molar-refractivity contribution in [3.8, 4) is 0 Å². The number of aliphatic hydroxyl groups is 1. The molecule has 3 nitrogen and oxygen atoms in total. The summed E-state index contributed by atoms with van der Waals surface area (Å²) in [4.78, 5) is 4.27. The van der Waals surface area contributed by atoms with Gasteiger partial charge in [0.2, 0.25) is 0 Å². The zero-order valence-electron chi connectivity index (χ0n) is 10.5. The molecule has 1 heterocycles. The minimum atomic E-state index is -0.446. The van der Waals surface area contributed by atoms with Crippen molar-refractivity contribution in [2.24, 2.45) is 0 Å². The third kappa shape index (κ3) is 2.94. The van der Waals surface area contributed by atoms with E-state index in [9.17, 15) is 5.11 Å². The lowest BCUT2D eigenvalue weighted by Crippen LogP contribution is -2.42. The molecule has 1 atom stereocenters. The second-order valence-corrected chi connectivity index (χ2v) is 4.53. The van der Waals surface area contributed by atoms with E-state index in [1.165, 1.54) is 0 Å². The average molecular weight is 242 g/mol. The number of rotatable bonds is 5. The van der Waals surface area contributed by atoms with Gasteiger partial charge in [0.1, 0.15) is 0 Å². The highest BCUT2D eigenvalue weighted by molar-refractivity contribution is 5.24. The van der Waals surface area contributed by atoms with Crippen LogP contribution in [0.3, 0.4) is 0 Å². The number of pyridine rings is 1. The Balaban J connectivity index is 2.10. The molecule has 94 valence electrons. The lowest BCUT2D eigenvalue weighted by molar-refractivity contribution is 0.173. The molecule has 0 aliphatic heterocycles. The number of hydrogen-bond donors (Lipinski definition) is 2. The fourth-order valence-electron chi connectivity index (χ4n) is 1.84. The largest absolute Gasteiger partial charge is 0.394 e. The molecule has 3 heteroatoms. The predicted molar refractivity (Wildman–Crippen MR) is 72.0 cm³/mol. The molecule has 1 aromatic heterocycles. The van der Waals surface area contributed by atoms with Crippen molar-refractivity contribution >= 4 is 0 Å². The maximum Gasteiger partial charge on any atom is 0.0652 e. The first-order valence-electron chi connectivity index (χ1n) is 6.06. The quantitative estimate of drug-likeness (QED) is 0.843. The van der Waals surface area contributed by atoms with Gasteiger partial charge in [-0.05, 0) is 24.6 Å². The number of nitrogens with one attached hydrogen (secondary N) is 1. The van der Waals surface area contributed by atoms with E-state index in [4.69, 9.17) is 0 Å². The Hall–Kier alpha value is -1.71. The molecule has 2 N–H and O–H groups in total. The molecular formula is C15H18N2O. The monoisotopic (exact) mass is 242 g/mol. The highest BCUT2D eigenvalue weighted by atomic mass is 16.3. The molecule has 0 fully saturated rings. The Morgan fingerprint density at radius 2 is 1.83 bits per heavy atom.